The molecule has 0 bridgehead atoms. The van der Waals surface area contributed by atoms with Crippen molar-refractivity contribution in [3.05, 3.63) is 35.6 Å². The molecule has 0 aliphatic carbocycles. The summed E-state index contributed by atoms with van der Waals surface area (Å²) in [4.78, 5) is 11.8. The maximum Gasteiger partial charge on any atom is 0.220 e. The predicted octanol–water partition coefficient (Wildman–Crippen LogP) is 2.86. The monoisotopic (exact) mass is 314 g/mol. The summed E-state index contributed by atoms with van der Waals surface area (Å²) in [7, 11) is 0. The van der Waals surface area contributed by atoms with Crippen LogP contribution in [0.1, 0.15) is 37.7 Å². The molecule has 1 aromatic carbocycles. The third-order valence-electron chi connectivity index (χ3n) is 3.99. The molecule has 0 radical (unpaired) electrons. The predicted molar refractivity (Wildman–Crippen MR) is 85.3 cm³/mol. The molecule has 2 rings (SSSR count). The first-order valence-electron chi connectivity index (χ1n) is 7.38. The highest BCUT2D eigenvalue weighted by atomic mass is 35.5. The Bertz CT molecular complexity index is 432. The first-order valence-corrected chi connectivity index (χ1v) is 7.38. The fraction of sp³-hybridized carbons (Fsp3) is 0.562. The van der Waals surface area contributed by atoms with Gasteiger partial charge in [0, 0.05) is 13.0 Å². The molecule has 1 heterocycles. The molecule has 1 fully saturated rings. The highest BCUT2D eigenvalue weighted by Crippen LogP contribution is 2.16. The van der Waals surface area contributed by atoms with Crippen LogP contribution in [-0.4, -0.2) is 25.5 Å². The number of carbonyl (C=O) groups excluding carboxylic acids is 1. The molecule has 1 aliphatic heterocycles. The van der Waals surface area contributed by atoms with E-state index >= 15 is 0 Å². The van der Waals surface area contributed by atoms with Crippen molar-refractivity contribution in [2.24, 2.45) is 5.92 Å². The molecule has 2 unspecified atom stereocenters. The van der Waals surface area contributed by atoms with Crippen LogP contribution in [0.5, 0.6) is 0 Å². The lowest BCUT2D eigenvalue weighted by atomic mass is 10.0. The zero-order chi connectivity index (χ0) is 14.4. The summed E-state index contributed by atoms with van der Waals surface area (Å²) in [5.41, 5.74) is 1.05. The van der Waals surface area contributed by atoms with Crippen molar-refractivity contribution in [2.75, 3.05) is 19.6 Å². The SMILES string of the molecule is CC(CNC(=O)CCC1CCNC1)c1ccc(F)cc1.Cl. The van der Waals surface area contributed by atoms with Gasteiger partial charge in [-0.1, -0.05) is 19.1 Å². The Kier molecular flexibility index (Phi) is 7.68. The lowest BCUT2D eigenvalue weighted by molar-refractivity contribution is -0.121. The van der Waals surface area contributed by atoms with E-state index in [1.807, 2.05) is 6.92 Å². The Morgan fingerprint density at radius 2 is 2.14 bits per heavy atom. The number of carbonyl (C=O) groups is 1. The van der Waals surface area contributed by atoms with Crippen molar-refractivity contribution in [3.8, 4) is 0 Å². The molecule has 1 aliphatic rings. The standard InChI is InChI=1S/C16H23FN2O.ClH/c1-12(14-3-5-15(17)6-4-14)10-19-16(20)7-2-13-8-9-18-11-13;/h3-6,12-13,18H,2,7-11H2,1H3,(H,19,20);1H. The van der Waals surface area contributed by atoms with Gasteiger partial charge in [0.2, 0.25) is 5.91 Å². The van der Waals surface area contributed by atoms with Crippen LogP contribution in [-0.2, 0) is 4.79 Å². The largest absolute Gasteiger partial charge is 0.356 e. The molecule has 118 valence electrons. The van der Waals surface area contributed by atoms with E-state index in [2.05, 4.69) is 10.6 Å². The third kappa shape index (κ3) is 6.02. The first-order chi connectivity index (χ1) is 9.65. The van der Waals surface area contributed by atoms with Crippen LogP contribution in [0.2, 0.25) is 0 Å². The number of hydrogen-bond donors (Lipinski definition) is 2. The minimum Gasteiger partial charge on any atom is -0.356 e. The number of rotatable bonds is 6. The average Bonchev–Trinajstić information content (AvgIpc) is 2.96. The van der Waals surface area contributed by atoms with E-state index in [4.69, 9.17) is 0 Å². The third-order valence-corrected chi connectivity index (χ3v) is 3.99. The second-order valence-electron chi connectivity index (χ2n) is 5.65. The fourth-order valence-electron chi connectivity index (χ4n) is 2.56. The van der Waals surface area contributed by atoms with Crippen LogP contribution in [0.3, 0.4) is 0 Å². The van der Waals surface area contributed by atoms with Crippen LogP contribution >= 0.6 is 12.4 Å². The van der Waals surface area contributed by atoms with E-state index in [0.717, 1.165) is 25.1 Å². The molecule has 0 saturated carbocycles. The minimum atomic E-state index is -0.227. The summed E-state index contributed by atoms with van der Waals surface area (Å²) < 4.78 is 12.8. The highest BCUT2D eigenvalue weighted by Gasteiger charge is 2.16. The van der Waals surface area contributed by atoms with E-state index in [9.17, 15) is 9.18 Å². The summed E-state index contributed by atoms with van der Waals surface area (Å²) in [5, 5.41) is 6.28. The minimum absolute atomic E-state index is 0. The van der Waals surface area contributed by atoms with Crippen LogP contribution < -0.4 is 10.6 Å². The maximum absolute atomic E-state index is 12.8. The number of halogens is 2. The molecule has 2 atom stereocenters. The number of amides is 1. The Labute approximate surface area is 132 Å². The molecule has 3 nitrogen and oxygen atoms in total. The molecule has 1 amide bonds. The van der Waals surface area contributed by atoms with Crippen molar-refractivity contribution >= 4 is 18.3 Å². The van der Waals surface area contributed by atoms with Crippen molar-refractivity contribution in [2.45, 2.75) is 32.1 Å². The van der Waals surface area contributed by atoms with E-state index in [0.29, 0.717) is 18.9 Å². The Hall–Kier alpha value is -1.13. The van der Waals surface area contributed by atoms with E-state index in [1.165, 1.54) is 18.6 Å². The quantitative estimate of drug-likeness (QED) is 0.847. The van der Waals surface area contributed by atoms with Gasteiger partial charge in [0.25, 0.3) is 0 Å². The zero-order valence-corrected chi connectivity index (χ0v) is 13.2. The van der Waals surface area contributed by atoms with Crippen molar-refractivity contribution in [3.63, 3.8) is 0 Å². The Balaban J connectivity index is 0.00000220. The highest BCUT2D eigenvalue weighted by molar-refractivity contribution is 5.85. The van der Waals surface area contributed by atoms with Gasteiger partial charge < -0.3 is 10.6 Å². The number of nitrogens with one attached hydrogen (secondary N) is 2. The molecule has 1 aromatic rings. The van der Waals surface area contributed by atoms with Crippen LogP contribution in [0, 0.1) is 11.7 Å². The van der Waals surface area contributed by atoms with Crippen LogP contribution in [0.25, 0.3) is 0 Å². The summed E-state index contributed by atoms with van der Waals surface area (Å²) in [6, 6.07) is 6.47. The van der Waals surface area contributed by atoms with Gasteiger partial charge in [-0.2, -0.15) is 0 Å². The van der Waals surface area contributed by atoms with Crippen LogP contribution in [0.15, 0.2) is 24.3 Å². The van der Waals surface area contributed by atoms with Gasteiger partial charge in [0.05, 0.1) is 0 Å². The molecule has 2 N–H and O–H groups in total. The average molecular weight is 315 g/mol. The summed E-state index contributed by atoms with van der Waals surface area (Å²) >= 11 is 0. The van der Waals surface area contributed by atoms with Crippen molar-refractivity contribution in [1.82, 2.24) is 10.6 Å². The molecular formula is C16H24ClFN2O. The normalized spacial score (nSPS) is 18.9. The van der Waals surface area contributed by atoms with Gasteiger partial charge >= 0.3 is 0 Å². The van der Waals surface area contributed by atoms with Gasteiger partial charge in [0.15, 0.2) is 0 Å². The Morgan fingerprint density at radius 3 is 2.76 bits per heavy atom. The van der Waals surface area contributed by atoms with Gasteiger partial charge in [-0.3, -0.25) is 4.79 Å². The van der Waals surface area contributed by atoms with Gasteiger partial charge in [-0.05, 0) is 55.5 Å². The maximum atomic E-state index is 12.8. The second-order valence-corrected chi connectivity index (χ2v) is 5.65. The topological polar surface area (TPSA) is 41.1 Å². The molecular weight excluding hydrogens is 291 g/mol. The smallest absolute Gasteiger partial charge is 0.220 e. The molecule has 0 aromatic heterocycles. The number of hydrogen-bond acceptors (Lipinski definition) is 2. The summed E-state index contributed by atoms with van der Waals surface area (Å²) in [6.07, 6.45) is 2.74. The summed E-state index contributed by atoms with van der Waals surface area (Å²) in [5.74, 6) is 0.740. The van der Waals surface area contributed by atoms with Gasteiger partial charge in [-0.25, -0.2) is 4.39 Å². The molecule has 21 heavy (non-hydrogen) atoms. The van der Waals surface area contributed by atoms with Crippen LogP contribution in [0.4, 0.5) is 4.39 Å². The molecule has 0 spiro atoms. The van der Waals surface area contributed by atoms with Crippen molar-refractivity contribution in [1.29, 1.82) is 0 Å². The zero-order valence-electron chi connectivity index (χ0n) is 12.4. The fourth-order valence-corrected chi connectivity index (χ4v) is 2.56. The van der Waals surface area contributed by atoms with Gasteiger partial charge in [0.1, 0.15) is 5.82 Å². The lowest BCUT2D eigenvalue weighted by Crippen LogP contribution is -2.27. The number of benzene rings is 1. The first kappa shape index (κ1) is 17.9. The van der Waals surface area contributed by atoms with E-state index in [-0.39, 0.29) is 30.0 Å². The molecule has 5 heteroatoms. The Morgan fingerprint density at radius 1 is 1.43 bits per heavy atom. The molecule has 1 saturated heterocycles. The van der Waals surface area contributed by atoms with E-state index < -0.39 is 0 Å². The van der Waals surface area contributed by atoms with Gasteiger partial charge in [-0.15, -0.1) is 12.4 Å². The summed E-state index contributed by atoms with van der Waals surface area (Å²) in [6.45, 7) is 4.76. The van der Waals surface area contributed by atoms with E-state index in [1.54, 1.807) is 12.1 Å². The second kappa shape index (κ2) is 9.00. The lowest BCUT2D eigenvalue weighted by Gasteiger charge is -2.14. The van der Waals surface area contributed by atoms with Crippen molar-refractivity contribution < 1.29 is 9.18 Å².